The second kappa shape index (κ2) is 8.77. The number of amides is 1. The quantitative estimate of drug-likeness (QED) is 0.632. The van der Waals surface area contributed by atoms with Crippen LogP contribution in [0.15, 0.2) is 48.5 Å². The summed E-state index contributed by atoms with van der Waals surface area (Å²) < 4.78 is 5.15. The highest BCUT2D eigenvalue weighted by atomic mass is 32.1. The van der Waals surface area contributed by atoms with Crippen LogP contribution in [0.4, 0.5) is 5.13 Å². The molecule has 1 N–H and O–H groups in total. The first-order valence-electron chi connectivity index (χ1n) is 8.92. The number of benzene rings is 2. The first kappa shape index (κ1) is 19.0. The highest BCUT2D eigenvalue weighted by molar-refractivity contribution is 7.18. The van der Waals surface area contributed by atoms with Crippen molar-refractivity contribution < 1.29 is 9.53 Å². The van der Waals surface area contributed by atoms with Gasteiger partial charge < -0.3 is 10.1 Å². The molecule has 6 heteroatoms. The van der Waals surface area contributed by atoms with Crippen molar-refractivity contribution in [1.82, 2.24) is 10.2 Å². The van der Waals surface area contributed by atoms with Crippen LogP contribution >= 0.6 is 11.3 Å². The van der Waals surface area contributed by atoms with Gasteiger partial charge in [0.15, 0.2) is 0 Å². The Balaban J connectivity index is 1.54. The van der Waals surface area contributed by atoms with E-state index in [0.717, 1.165) is 21.9 Å². The molecular formula is C21H23N3O2S. The predicted molar refractivity (Wildman–Crippen MR) is 109 cm³/mol. The van der Waals surface area contributed by atoms with Crippen molar-refractivity contribution in [3.05, 3.63) is 59.7 Å². The lowest BCUT2D eigenvalue weighted by molar-refractivity contribution is -0.116. The minimum atomic E-state index is -0.0552. The first-order chi connectivity index (χ1) is 13.0. The molecule has 1 aromatic heterocycles. The normalized spacial score (nSPS) is 10.8. The molecule has 0 spiro atoms. The molecule has 0 atom stereocenters. The van der Waals surface area contributed by atoms with Gasteiger partial charge >= 0.3 is 0 Å². The maximum atomic E-state index is 12.2. The van der Waals surface area contributed by atoms with E-state index in [0.29, 0.717) is 23.9 Å². The third kappa shape index (κ3) is 5.14. The van der Waals surface area contributed by atoms with E-state index in [-0.39, 0.29) is 5.91 Å². The fourth-order valence-electron chi connectivity index (χ4n) is 2.63. The topological polar surface area (TPSA) is 64.1 Å². The van der Waals surface area contributed by atoms with E-state index in [2.05, 4.69) is 53.6 Å². The van der Waals surface area contributed by atoms with Gasteiger partial charge in [-0.2, -0.15) is 0 Å². The molecule has 3 aromatic rings. The Morgan fingerprint density at radius 1 is 1.07 bits per heavy atom. The molecule has 0 saturated carbocycles. The zero-order chi connectivity index (χ0) is 19.2. The van der Waals surface area contributed by atoms with E-state index in [4.69, 9.17) is 4.74 Å². The summed E-state index contributed by atoms with van der Waals surface area (Å²) in [6, 6.07) is 16.0. The highest BCUT2D eigenvalue weighted by Gasteiger charge is 2.10. The summed E-state index contributed by atoms with van der Waals surface area (Å²) in [6.45, 7) is 4.34. The molecule has 0 radical (unpaired) electrons. The van der Waals surface area contributed by atoms with Crippen LogP contribution in [-0.2, 0) is 11.2 Å². The lowest BCUT2D eigenvalue weighted by atomic mass is 10.0. The highest BCUT2D eigenvalue weighted by Crippen LogP contribution is 2.27. The summed E-state index contributed by atoms with van der Waals surface area (Å²) in [6.07, 6.45) is 1.12. The predicted octanol–water partition coefficient (Wildman–Crippen LogP) is 4.91. The number of carbonyl (C=O) groups is 1. The van der Waals surface area contributed by atoms with Crippen LogP contribution in [0.3, 0.4) is 0 Å². The molecule has 0 bridgehead atoms. The number of hydrogen-bond acceptors (Lipinski definition) is 5. The third-order valence-corrected chi connectivity index (χ3v) is 5.18. The number of methoxy groups -OCH3 is 1. The van der Waals surface area contributed by atoms with Crippen LogP contribution in [0.5, 0.6) is 5.75 Å². The van der Waals surface area contributed by atoms with Crippen LogP contribution in [-0.4, -0.2) is 23.2 Å². The molecule has 0 unspecified atom stereocenters. The fraction of sp³-hybridized carbons (Fsp3) is 0.286. The van der Waals surface area contributed by atoms with Crippen molar-refractivity contribution in [3.63, 3.8) is 0 Å². The van der Waals surface area contributed by atoms with Crippen molar-refractivity contribution in [2.75, 3.05) is 12.4 Å². The Kier molecular flexibility index (Phi) is 6.19. The van der Waals surface area contributed by atoms with Gasteiger partial charge in [-0.15, -0.1) is 10.2 Å². The van der Waals surface area contributed by atoms with E-state index >= 15 is 0 Å². The zero-order valence-electron chi connectivity index (χ0n) is 15.7. The summed E-state index contributed by atoms with van der Waals surface area (Å²) in [5, 5.41) is 12.3. The number of nitrogens with zero attached hydrogens (tertiary/aromatic N) is 2. The molecular weight excluding hydrogens is 358 g/mol. The van der Waals surface area contributed by atoms with E-state index in [9.17, 15) is 4.79 Å². The van der Waals surface area contributed by atoms with Gasteiger partial charge in [-0.25, -0.2) is 0 Å². The number of carbonyl (C=O) groups excluding carboxylic acids is 1. The average Bonchev–Trinajstić information content (AvgIpc) is 3.15. The van der Waals surface area contributed by atoms with E-state index < -0.39 is 0 Å². The standard InChI is InChI=1S/C21H23N3O2S/c1-14(2)16-7-4-15(5-8-16)6-13-19(25)22-21-24-23-20(27-21)17-9-11-18(26-3)12-10-17/h4-5,7-12,14H,6,13H2,1-3H3,(H,22,24,25). The Hall–Kier alpha value is -2.73. The molecule has 27 heavy (non-hydrogen) atoms. The maximum absolute atomic E-state index is 12.2. The number of nitrogens with one attached hydrogen (secondary N) is 1. The largest absolute Gasteiger partial charge is 0.497 e. The van der Waals surface area contributed by atoms with Crippen molar-refractivity contribution in [2.45, 2.75) is 32.6 Å². The van der Waals surface area contributed by atoms with Gasteiger partial charge in [0.25, 0.3) is 0 Å². The number of anilines is 1. The first-order valence-corrected chi connectivity index (χ1v) is 9.73. The van der Waals surface area contributed by atoms with Crippen molar-refractivity contribution >= 4 is 22.4 Å². The summed E-state index contributed by atoms with van der Waals surface area (Å²) in [5.41, 5.74) is 3.41. The molecule has 0 aliphatic rings. The van der Waals surface area contributed by atoms with Crippen LogP contribution < -0.4 is 10.1 Å². The van der Waals surface area contributed by atoms with Crippen molar-refractivity contribution in [1.29, 1.82) is 0 Å². The summed E-state index contributed by atoms with van der Waals surface area (Å²) >= 11 is 1.36. The van der Waals surface area contributed by atoms with Crippen LogP contribution in [0.1, 0.15) is 37.3 Å². The van der Waals surface area contributed by atoms with Gasteiger partial charge in [-0.05, 0) is 47.7 Å². The van der Waals surface area contributed by atoms with Gasteiger partial charge in [-0.1, -0.05) is 49.4 Å². The van der Waals surface area contributed by atoms with Crippen LogP contribution in [0.2, 0.25) is 0 Å². The van der Waals surface area contributed by atoms with Gasteiger partial charge in [0.1, 0.15) is 10.8 Å². The smallest absolute Gasteiger partial charge is 0.226 e. The Morgan fingerprint density at radius 3 is 2.41 bits per heavy atom. The monoisotopic (exact) mass is 381 g/mol. The average molecular weight is 382 g/mol. The van der Waals surface area contributed by atoms with Gasteiger partial charge in [0.05, 0.1) is 7.11 Å². The zero-order valence-corrected chi connectivity index (χ0v) is 16.5. The molecule has 0 fully saturated rings. The molecule has 2 aromatic carbocycles. The molecule has 0 aliphatic heterocycles. The Morgan fingerprint density at radius 2 is 1.78 bits per heavy atom. The second-order valence-corrected chi connectivity index (χ2v) is 7.56. The maximum Gasteiger partial charge on any atom is 0.226 e. The SMILES string of the molecule is COc1ccc(-c2nnc(NC(=O)CCc3ccc(C(C)C)cc3)s2)cc1. The van der Waals surface area contributed by atoms with E-state index in [1.807, 2.05) is 24.3 Å². The molecule has 5 nitrogen and oxygen atoms in total. The number of ether oxygens (including phenoxy) is 1. The van der Waals surface area contributed by atoms with Gasteiger partial charge in [0, 0.05) is 12.0 Å². The molecule has 1 heterocycles. The van der Waals surface area contributed by atoms with Crippen LogP contribution in [0, 0.1) is 0 Å². The molecule has 140 valence electrons. The minimum absolute atomic E-state index is 0.0552. The summed E-state index contributed by atoms with van der Waals surface area (Å²) in [5.74, 6) is 1.25. The fourth-order valence-corrected chi connectivity index (χ4v) is 3.40. The molecule has 0 saturated heterocycles. The molecule has 3 rings (SSSR count). The Labute approximate surface area is 163 Å². The molecule has 1 amide bonds. The van der Waals surface area contributed by atoms with Gasteiger partial charge in [-0.3, -0.25) is 4.79 Å². The van der Waals surface area contributed by atoms with E-state index in [1.54, 1.807) is 7.11 Å². The number of aryl methyl sites for hydroxylation is 1. The van der Waals surface area contributed by atoms with Gasteiger partial charge in [0.2, 0.25) is 11.0 Å². The number of aromatic nitrogens is 2. The van der Waals surface area contributed by atoms with Crippen LogP contribution in [0.25, 0.3) is 10.6 Å². The number of hydrogen-bond donors (Lipinski definition) is 1. The minimum Gasteiger partial charge on any atom is -0.497 e. The lowest BCUT2D eigenvalue weighted by Gasteiger charge is -2.06. The lowest BCUT2D eigenvalue weighted by Crippen LogP contribution is -2.12. The summed E-state index contributed by atoms with van der Waals surface area (Å²) in [4.78, 5) is 12.2. The second-order valence-electron chi connectivity index (χ2n) is 6.59. The van der Waals surface area contributed by atoms with Crippen molar-refractivity contribution in [3.8, 4) is 16.3 Å². The third-order valence-electron chi connectivity index (χ3n) is 4.30. The number of rotatable bonds is 7. The molecule has 0 aliphatic carbocycles. The van der Waals surface area contributed by atoms with E-state index in [1.165, 1.54) is 16.9 Å². The Bertz CT molecular complexity index is 887. The van der Waals surface area contributed by atoms with Crippen molar-refractivity contribution in [2.24, 2.45) is 0 Å². The summed E-state index contributed by atoms with van der Waals surface area (Å²) in [7, 11) is 1.63.